The monoisotopic (exact) mass is 370 g/mol. The van der Waals surface area contributed by atoms with E-state index in [4.69, 9.17) is 4.42 Å². The van der Waals surface area contributed by atoms with E-state index in [9.17, 15) is 10.1 Å². The molecule has 1 aromatic heterocycles. The zero-order valence-electron chi connectivity index (χ0n) is 15.0. The van der Waals surface area contributed by atoms with Crippen LogP contribution in [0.25, 0.3) is 11.5 Å². The molecule has 7 heteroatoms. The summed E-state index contributed by atoms with van der Waals surface area (Å²) < 4.78 is 5.67. The van der Waals surface area contributed by atoms with Crippen molar-refractivity contribution in [3.63, 3.8) is 0 Å². The Hall–Kier alpha value is -2.33. The van der Waals surface area contributed by atoms with Crippen molar-refractivity contribution in [3.8, 4) is 17.5 Å². The van der Waals surface area contributed by atoms with Gasteiger partial charge in [0.1, 0.15) is 5.54 Å². The number of hydrogen-bond donors (Lipinski definition) is 0. The third-order valence-corrected chi connectivity index (χ3v) is 5.84. The highest BCUT2D eigenvalue weighted by Gasteiger charge is 2.40. The lowest BCUT2D eigenvalue weighted by atomic mass is 9.81. The van der Waals surface area contributed by atoms with Crippen LogP contribution < -0.4 is 0 Å². The van der Waals surface area contributed by atoms with Gasteiger partial charge in [-0.3, -0.25) is 4.79 Å². The summed E-state index contributed by atoms with van der Waals surface area (Å²) in [5, 5.41) is 17.7. The molecule has 2 aromatic rings. The number of carbonyl (C=O) groups is 1. The Morgan fingerprint density at radius 2 is 1.96 bits per heavy atom. The molecule has 1 amide bonds. The average molecular weight is 370 g/mol. The maximum Gasteiger partial charge on any atom is 0.277 e. The fourth-order valence-electron chi connectivity index (χ4n) is 3.30. The van der Waals surface area contributed by atoms with Crippen LogP contribution in [-0.4, -0.2) is 38.8 Å². The molecule has 0 bridgehead atoms. The summed E-state index contributed by atoms with van der Waals surface area (Å²) >= 11 is 1.23. The number of nitrogens with zero attached hydrogens (tertiary/aromatic N) is 4. The number of carbonyl (C=O) groups excluding carboxylic acids is 1. The Balaban J connectivity index is 1.68. The Morgan fingerprint density at radius 1 is 1.27 bits per heavy atom. The van der Waals surface area contributed by atoms with Crippen molar-refractivity contribution in [2.24, 2.45) is 0 Å². The fourth-order valence-corrected chi connectivity index (χ4v) is 4.08. The Labute approximate surface area is 157 Å². The molecule has 0 N–H and O–H groups in total. The van der Waals surface area contributed by atoms with Gasteiger partial charge < -0.3 is 9.32 Å². The van der Waals surface area contributed by atoms with Gasteiger partial charge in [-0.25, -0.2) is 0 Å². The number of rotatable bonds is 5. The zero-order valence-corrected chi connectivity index (χ0v) is 15.8. The SMILES string of the molecule is C[C@H](Sc1nnc(-c2ccccc2)o1)C(=O)N(C)C1(C#N)CCCCC1. The van der Waals surface area contributed by atoms with Crippen molar-refractivity contribution >= 4 is 17.7 Å². The summed E-state index contributed by atoms with van der Waals surface area (Å²) in [7, 11) is 1.73. The Kier molecular flexibility index (Phi) is 5.62. The van der Waals surface area contributed by atoms with Crippen molar-refractivity contribution in [2.75, 3.05) is 7.05 Å². The van der Waals surface area contributed by atoms with Crippen LogP contribution in [0.15, 0.2) is 40.0 Å². The molecule has 1 fully saturated rings. The van der Waals surface area contributed by atoms with Crippen LogP contribution in [0.3, 0.4) is 0 Å². The first kappa shape index (κ1) is 18.5. The van der Waals surface area contributed by atoms with E-state index in [0.29, 0.717) is 11.1 Å². The molecule has 1 saturated carbocycles. The predicted octanol–water partition coefficient (Wildman–Crippen LogP) is 3.90. The maximum absolute atomic E-state index is 12.9. The number of aromatic nitrogens is 2. The van der Waals surface area contributed by atoms with Crippen molar-refractivity contribution in [3.05, 3.63) is 30.3 Å². The smallest absolute Gasteiger partial charge is 0.277 e. The van der Waals surface area contributed by atoms with E-state index in [1.807, 2.05) is 37.3 Å². The van der Waals surface area contributed by atoms with E-state index in [-0.39, 0.29) is 5.91 Å². The number of nitriles is 1. The molecule has 136 valence electrons. The first-order valence-corrected chi connectivity index (χ1v) is 9.68. The zero-order chi connectivity index (χ0) is 18.6. The van der Waals surface area contributed by atoms with Gasteiger partial charge in [-0.15, -0.1) is 10.2 Å². The third kappa shape index (κ3) is 3.75. The van der Waals surface area contributed by atoms with Crippen LogP contribution in [0.2, 0.25) is 0 Å². The van der Waals surface area contributed by atoms with E-state index < -0.39 is 10.8 Å². The van der Waals surface area contributed by atoms with Gasteiger partial charge in [-0.2, -0.15) is 5.26 Å². The topological polar surface area (TPSA) is 83.0 Å². The highest BCUT2D eigenvalue weighted by atomic mass is 32.2. The molecular formula is C19H22N4O2S. The largest absolute Gasteiger partial charge is 0.411 e. The lowest BCUT2D eigenvalue weighted by molar-refractivity contribution is -0.133. The molecule has 1 atom stereocenters. The van der Waals surface area contributed by atoms with Gasteiger partial charge in [0, 0.05) is 12.6 Å². The highest BCUT2D eigenvalue weighted by molar-refractivity contribution is 8.00. The first-order chi connectivity index (χ1) is 12.6. The standard InChI is InChI=1S/C19H22N4O2S/c1-14(17(24)23(2)19(13-20)11-7-4-8-12-19)26-18-22-21-16(25-18)15-9-5-3-6-10-15/h3,5-6,9-10,14H,4,7-8,11-12H2,1-2H3/t14-/m0/s1. The first-order valence-electron chi connectivity index (χ1n) is 8.80. The molecule has 1 aliphatic carbocycles. The summed E-state index contributed by atoms with van der Waals surface area (Å²) in [6.07, 6.45) is 4.57. The highest BCUT2D eigenvalue weighted by Crippen LogP contribution is 2.34. The fraction of sp³-hybridized carbons (Fsp3) is 0.474. The lowest BCUT2D eigenvalue weighted by Crippen LogP contribution is -2.52. The number of amides is 1. The van der Waals surface area contributed by atoms with Gasteiger partial charge >= 0.3 is 0 Å². The molecule has 0 aliphatic heterocycles. The summed E-state index contributed by atoms with van der Waals surface area (Å²) in [6, 6.07) is 11.9. The van der Waals surface area contributed by atoms with Gasteiger partial charge in [-0.05, 0) is 31.9 Å². The van der Waals surface area contributed by atoms with Crippen LogP contribution in [0.4, 0.5) is 0 Å². The molecule has 1 aromatic carbocycles. The molecular weight excluding hydrogens is 348 g/mol. The van der Waals surface area contributed by atoms with E-state index in [1.54, 1.807) is 11.9 Å². The molecule has 0 spiro atoms. The molecule has 1 aliphatic rings. The van der Waals surface area contributed by atoms with Crippen LogP contribution in [0.5, 0.6) is 0 Å². The van der Waals surface area contributed by atoms with Crippen LogP contribution in [0.1, 0.15) is 39.0 Å². The number of hydrogen-bond acceptors (Lipinski definition) is 6. The summed E-state index contributed by atoms with van der Waals surface area (Å²) in [4.78, 5) is 14.5. The molecule has 0 unspecified atom stereocenters. The summed E-state index contributed by atoms with van der Waals surface area (Å²) in [6.45, 7) is 1.81. The average Bonchev–Trinajstić information content (AvgIpc) is 3.16. The third-order valence-electron chi connectivity index (χ3n) is 4.91. The maximum atomic E-state index is 12.9. The molecule has 1 heterocycles. The van der Waals surface area contributed by atoms with Crippen molar-refractivity contribution < 1.29 is 9.21 Å². The van der Waals surface area contributed by atoms with Crippen molar-refractivity contribution in [2.45, 2.75) is 55.0 Å². The van der Waals surface area contributed by atoms with Crippen LogP contribution in [0, 0.1) is 11.3 Å². The molecule has 6 nitrogen and oxygen atoms in total. The Morgan fingerprint density at radius 3 is 2.62 bits per heavy atom. The van der Waals surface area contributed by atoms with Crippen LogP contribution in [-0.2, 0) is 4.79 Å². The van der Waals surface area contributed by atoms with Gasteiger partial charge in [0.05, 0.1) is 11.3 Å². The van der Waals surface area contributed by atoms with Crippen LogP contribution >= 0.6 is 11.8 Å². The summed E-state index contributed by atoms with van der Waals surface area (Å²) in [5.41, 5.74) is 0.155. The molecule has 26 heavy (non-hydrogen) atoms. The van der Waals surface area contributed by atoms with Gasteiger partial charge in [0.2, 0.25) is 11.8 Å². The summed E-state index contributed by atoms with van der Waals surface area (Å²) in [5.74, 6) is 0.347. The van der Waals surface area contributed by atoms with E-state index in [0.717, 1.165) is 37.7 Å². The molecule has 3 rings (SSSR count). The second kappa shape index (κ2) is 7.92. The van der Waals surface area contributed by atoms with Gasteiger partial charge in [-0.1, -0.05) is 49.2 Å². The van der Waals surface area contributed by atoms with Crippen molar-refractivity contribution in [1.82, 2.24) is 15.1 Å². The molecule has 0 radical (unpaired) electrons. The minimum atomic E-state index is -0.686. The van der Waals surface area contributed by atoms with Crippen molar-refractivity contribution in [1.29, 1.82) is 5.26 Å². The normalized spacial score (nSPS) is 17.3. The van der Waals surface area contributed by atoms with Gasteiger partial charge in [0.25, 0.3) is 5.22 Å². The number of thioether (sulfide) groups is 1. The second-order valence-electron chi connectivity index (χ2n) is 6.60. The lowest BCUT2D eigenvalue weighted by Gasteiger charge is -2.39. The van der Waals surface area contributed by atoms with Gasteiger partial charge in [0.15, 0.2) is 0 Å². The van der Waals surface area contributed by atoms with E-state index in [2.05, 4.69) is 16.3 Å². The second-order valence-corrected chi connectivity index (χ2v) is 7.89. The van der Waals surface area contributed by atoms with E-state index in [1.165, 1.54) is 11.8 Å². The van der Waals surface area contributed by atoms with E-state index >= 15 is 0 Å². The molecule has 0 saturated heterocycles. The minimum Gasteiger partial charge on any atom is -0.411 e. The Bertz CT molecular complexity index is 793. The number of benzene rings is 1. The minimum absolute atomic E-state index is 0.0853. The quantitative estimate of drug-likeness (QED) is 0.742. The predicted molar refractivity (Wildman–Crippen MR) is 99.3 cm³/mol.